The minimum Gasteiger partial charge on any atom is -0.355 e. The topological polar surface area (TPSA) is 44.4 Å². The van der Waals surface area contributed by atoms with Gasteiger partial charge in [0, 0.05) is 31.7 Å². The van der Waals surface area contributed by atoms with Gasteiger partial charge in [0.1, 0.15) is 0 Å². The van der Waals surface area contributed by atoms with Crippen LogP contribution in [0.1, 0.15) is 51.0 Å². The van der Waals surface area contributed by atoms with Crippen LogP contribution in [0.3, 0.4) is 0 Å². The van der Waals surface area contributed by atoms with E-state index in [0.717, 1.165) is 43.2 Å². The summed E-state index contributed by atoms with van der Waals surface area (Å²) in [5, 5.41) is 9.77. The third-order valence-corrected chi connectivity index (χ3v) is 8.91. The van der Waals surface area contributed by atoms with Crippen molar-refractivity contribution in [2.24, 2.45) is 23.7 Å². The fourth-order valence-electron chi connectivity index (χ4n) is 7.80. The van der Waals surface area contributed by atoms with E-state index in [1.54, 1.807) is 0 Å². The van der Waals surface area contributed by atoms with E-state index < -0.39 is 0 Å². The van der Waals surface area contributed by atoms with Crippen LogP contribution >= 0.6 is 0 Å². The highest BCUT2D eigenvalue weighted by Crippen LogP contribution is 2.53. The fourth-order valence-corrected chi connectivity index (χ4v) is 7.80. The summed E-state index contributed by atoms with van der Waals surface area (Å²) in [6.07, 6.45) is 8.20. The van der Waals surface area contributed by atoms with Gasteiger partial charge in [0.25, 0.3) is 0 Å². The van der Waals surface area contributed by atoms with Crippen LogP contribution in [0.2, 0.25) is 0 Å². The van der Waals surface area contributed by atoms with Crippen LogP contribution in [0.4, 0.5) is 0 Å². The van der Waals surface area contributed by atoms with Crippen LogP contribution < -0.4 is 10.6 Å². The van der Waals surface area contributed by atoms with Crippen molar-refractivity contribution in [1.82, 2.24) is 15.5 Å². The number of hydrogen-bond acceptors (Lipinski definition) is 3. The monoisotopic (exact) mass is 431 g/mol. The summed E-state index contributed by atoms with van der Waals surface area (Å²) in [6, 6.07) is 16.4. The van der Waals surface area contributed by atoms with Crippen molar-refractivity contribution in [1.29, 1.82) is 0 Å². The summed E-state index contributed by atoms with van der Waals surface area (Å²) in [7, 11) is 0. The maximum atomic E-state index is 13.0. The number of nitrogens with zero attached hydrogens (tertiary/aromatic N) is 1. The number of hydrogen-bond donors (Lipinski definition) is 2. The molecule has 0 radical (unpaired) electrons. The molecule has 170 valence electrons. The highest BCUT2D eigenvalue weighted by molar-refractivity contribution is 5.83. The molecule has 1 saturated heterocycles. The number of benzene rings is 2. The Hall–Kier alpha value is -1.91. The Morgan fingerprint density at radius 2 is 1.66 bits per heavy atom. The first-order valence-corrected chi connectivity index (χ1v) is 12.9. The van der Waals surface area contributed by atoms with Gasteiger partial charge in [-0.1, -0.05) is 36.4 Å². The molecule has 1 aliphatic heterocycles. The Bertz CT molecular complexity index is 960. The van der Waals surface area contributed by atoms with E-state index in [0.29, 0.717) is 18.6 Å². The highest BCUT2D eigenvalue weighted by atomic mass is 16.2. The average Bonchev–Trinajstić information content (AvgIpc) is 3.18. The molecule has 0 unspecified atom stereocenters. The van der Waals surface area contributed by atoms with E-state index >= 15 is 0 Å². The number of rotatable bonds is 6. The van der Waals surface area contributed by atoms with Crippen LogP contribution in [0, 0.1) is 23.7 Å². The minimum atomic E-state index is -0.0317. The third-order valence-electron chi connectivity index (χ3n) is 8.91. The van der Waals surface area contributed by atoms with Crippen molar-refractivity contribution in [3.63, 3.8) is 0 Å². The number of carbonyl (C=O) groups excluding carboxylic acids is 1. The Labute approximate surface area is 192 Å². The molecular formula is C28H37N3O. The quantitative estimate of drug-likeness (QED) is 0.715. The van der Waals surface area contributed by atoms with Crippen molar-refractivity contribution >= 4 is 16.7 Å². The molecule has 32 heavy (non-hydrogen) atoms. The molecule has 1 heterocycles. The van der Waals surface area contributed by atoms with Gasteiger partial charge in [-0.15, -0.1) is 0 Å². The van der Waals surface area contributed by atoms with Crippen molar-refractivity contribution in [3.05, 3.63) is 48.0 Å². The molecule has 4 bridgehead atoms. The van der Waals surface area contributed by atoms with Crippen LogP contribution in [0.15, 0.2) is 42.5 Å². The lowest BCUT2D eigenvalue weighted by atomic mass is 9.54. The molecule has 0 spiro atoms. The second kappa shape index (κ2) is 8.46. The minimum absolute atomic E-state index is 0.0317. The Balaban J connectivity index is 1.18. The fraction of sp³-hybridized carbons (Fsp3) is 0.607. The zero-order valence-electron chi connectivity index (χ0n) is 19.3. The van der Waals surface area contributed by atoms with Crippen LogP contribution in [0.25, 0.3) is 10.8 Å². The molecular weight excluding hydrogens is 394 g/mol. The summed E-state index contributed by atoms with van der Waals surface area (Å²) in [5.41, 5.74) is 1.30. The number of fused-ring (bicyclic) bond motifs is 1. The first kappa shape index (κ1) is 20.7. The number of nitrogens with one attached hydrogen (secondary N) is 2. The third kappa shape index (κ3) is 3.86. The van der Waals surface area contributed by atoms with Crippen molar-refractivity contribution in [3.8, 4) is 0 Å². The molecule has 4 saturated carbocycles. The molecule has 7 rings (SSSR count). The SMILES string of the molecule is CCNC(=O)[C@@H]1C[C@@H](NC2C3CC4CC(C3)CC2C4)CN1Cc1ccc2ccccc2c1. The predicted octanol–water partition coefficient (Wildman–Crippen LogP) is 4.33. The van der Waals surface area contributed by atoms with E-state index in [1.807, 2.05) is 6.92 Å². The highest BCUT2D eigenvalue weighted by Gasteiger charge is 2.49. The zero-order valence-corrected chi connectivity index (χ0v) is 19.3. The summed E-state index contributed by atoms with van der Waals surface area (Å²) < 4.78 is 0. The predicted molar refractivity (Wildman–Crippen MR) is 129 cm³/mol. The van der Waals surface area contributed by atoms with Crippen molar-refractivity contribution < 1.29 is 4.79 Å². The van der Waals surface area contributed by atoms with Gasteiger partial charge in [-0.05, 0) is 91.5 Å². The summed E-state index contributed by atoms with van der Waals surface area (Å²) in [4.78, 5) is 15.4. The summed E-state index contributed by atoms with van der Waals surface area (Å²) in [5.74, 6) is 3.97. The smallest absolute Gasteiger partial charge is 0.237 e. The number of likely N-dealkylation sites (N-methyl/N-ethyl adjacent to an activating group) is 1. The maximum absolute atomic E-state index is 13.0. The standard InChI is InChI=1S/C28H37N3O/c1-2-29-28(32)26-15-25(30-27-23-11-19-9-20(13-23)14-24(27)12-19)17-31(26)16-18-7-8-21-5-3-4-6-22(21)10-18/h3-8,10,19-20,23-27,30H,2,9,11-17H2,1H3,(H,29,32)/t19?,20?,23?,24?,25-,26+,27?/m1/s1. The van der Waals surface area contributed by atoms with E-state index in [4.69, 9.17) is 0 Å². The van der Waals surface area contributed by atoms with Crippen LogP contribution in [-0.4, -0.2) is 42.0 Å². The first-order chi connectivity index (χ1) is 15.7. The van der Waals surface area contributed by atoms with Gasteiger partial charge in [-0.3, -0.25) is 9.69 Å². The number of amides is 1. The Morgan fingerprint density at radius 1 is 0.938 bits per heavy atom. The van der Waals surface area contributed by atoms with Crippen molar-refractivity contribution in [2.45, 2.75) is 70.1 Å². The van der Waals surface area contributed by atoms with Gasteiger partial charge >= 0.3 is 0 Å². The molecule has 2 aromatic rings. The second-order valence-electron chi connectivity index (χ2n) is 11.1. The van der Waals surface area contributed by atoms with E-state index in [-0.39, 0.29) is 11.9 Å². The van der Waals surface area contributed by atoms with Gasteiger partial charge in [0.2, 0.25) is 5.91 Å². The molecule has 4 heteroatoms. The number of likely N-dealkylation sites (tertiary alicyclic amines) is 1. The Morgan fingerprint density at radius 3 is 2.38 bits per heavy atom. The Kier molecular flexibility index (Phi) is 5.47. The lowest BCUT2D eigenvalue weighted by Gasteiger charge is -2.55. The van der Waals surface area contributed by atoms with Gasteiger partial charge in [-0.2, -0.15) is 0 Å². The molecule has 2 N–H and O–H groups in total. The second-order valence-corrected chi connectivity index (χ2v) is 11.1. The van der Waals surface area contributed by atoms with Crippen molar-refractivity contribution in [2.75, 3.05) is 13.1 Å². The average molecular weight is 432 g/mol. The van der Waals surface area contributed by atoms with E-state index in [9.17, 15) is 4.79 Å². The molecule has 2 aromatic carbocycles. The molecule has 2 atom stereocenters. The van der Waals surface area contributed by atoms with Gasteiger partial charge < -0.3 is 10.6 Å². The lowest BCUT2D eigenvalue weighted by molar-refractivity contribution is -0.125. The normalized spacial score (nSPS) is 36.1. The van der Waals surface area contributed by atoms with Gasteiger partial charge in [-0.25, -0.2) is 0 Å². The van der Waals surface area contributed by atoms with Crippen LogP contribution in [0.5, 0.6) is 0 Å². The van der Waals surface area contributed by atoms with Gasteiger partial charge in [0.15, 0.2) is 0 Å². The molecule has 4 nitrogen and oxygen atoms in total. The molecule has 4 aliphatic carbocycles. The molecule has 0 aromatic heterocycles. The summed E-state index contributed by atoms with van der Waals surface area (Å²) >= 11 is 0. The van der Waals surface area contributed by atoms with E-state index in [1.165, 1.54) is 48.4 Å². The van der Waals surface area contributed by atoms with Gasteiger partial charge in [0.05, 0.1) is 6.04 Å². The summed E-state index contributed by atoms with van der Waals surface area (Å²) in [6.45, 7) is 4.53. The largest absolute Gasteiger partial charge is 0.355 e. The lowest BCUT2D eigenvalue weighted by Crippen LogP contribution is -2.57. The molecule has 5 aliphatic rings. The van der Waals surface area contributed by atoms with E-state index in [2.05, 4.69) is 58.0 Å². The zero-order chi connectivity index (χ0) is 21.7. The van der Waals surface area contributed by atoms with Crippen LogP contribution in [-0.2, 0) is 11.3 Å². The molecule has 5 fully saturated rings. The first-order valence-electron chi connectivity index (χ1n) is 12.9. The number of carbonyl (C=O) groups is 1. The molecule has 1 amide bonds. The maximum Gasteiger partial charge on any atom is 0.237 e.